The Morgan fingerprint density at radius 3 is 2.74 bits per heavy atom. The zero-order valence-electron chi connectivity index (χ0n) is 17.8. The first-order valence-corrected chi connectivity index (χ1v) is 10.6. The van der Waals surface area contributed by atoms with Gasteiger partial charge in [0.05, 0.1) is 6.04 Å². The Labute approximate surface area is 185 Å². The lowest BCUT2D eigenvalue weighted by Gasteiger charge is -2.36. The van der Waals surface area contributed by atoms with Gasteiger partial charge in [-0.15, -0.1) is 0 Å². The molecule has 1 heterocycles. The van der Waals surface area contributed by atoms with Gasteiger partial charge >= 0.3 is 6.09 Å². The Hall–Kier alpha value is -2.90. The highest BCUT2D eigenvalue weighted by molar-refractivity contribution is 6.31. The number of hydrogen-bond acceptors (Lipinski definition) is 4. The maximum Gasteiger partial charge on any atom is 0.407 e. The number of azide groups is 1. The zero-order valence-corrected chi connectivity index (χ0v) is 18.6. The molecule has 9 nitrogen and oxygen atoms in total. The van der Waals surface area contributed by atoms with Crippen molar-refractivity contribution in [2.24, 2.45) is 11.0 Å². The van der Waals surface area contributed by atoms with Crippen LogP contribution in [0.5, 0.6) is 0 Å². The number of amides is 2. The second-order valence-corrected chi connectivity index (χ2v) is 9.28. The van der Waals surface area contributed by atoms with Gasteiger partial charge in [-0.1, -0.05) is 16.7 Å². The normalized spacial score (nSPS) is 21.2. The van der Waals surface area contributed by atoms with E-state index in [1.807, 2.05) is 6.07 Å². The molecule has 3 atom stereocenters. The lowest BCUT2D eigenvalue weighted by molar-refractivity contribution is 0.0463. The minimum Gasteiger partial charge on any atom is -0.444 e. The van der Waals surface area contributed by atoms with E-state index >= 15 is 0 Å². The van der Waals surface area contributed by atoms with Gasteiger partial charge in [-0.25, -0.2) is 4.79 Å². The fourth-order valence-electron chi connectivity index (χ4n) is 3.84. The number of hydrogen-bond donors (Lipinski definition) is 3. The highest BCUT2D eigenvalue weighted by atomic mass is 35.5. The van der Waals surface area contributed by atoms with Crippen molar-refractivity contribution < 1.29 is 14.3 Å². The van der Waals surface area contributed by atoms with Crippen LogP contribution in [-0.2, 0) is 4.74 Å². The lowest BCUT2D eigenvalue weighted by Crippen LogP contribution is -2.55. The van der Waals surface area contributed by atoms with Crippen molar-refractivity contribution in [2.45, 2.75) is 57.7 Å². The van der Waals surface area contributed by atoms with Crippen molar-refractivity contribution in [3.8, 4) is 0 Å². The molecule has 1 aromatic heterocycles. The van der Waals surface area contributed by atoms with Crippen LogP contribution in [0.15, 0.2) is 29.4 Å². The number of nitrogens with zero attached hydrogens (tertiary/aromatic N) is 3. The molecule has 0 unspecified atom stereocenters. The first kappa shape index (κ1) is 22.8. The number of alkyl carbamates (subject to hydrolysis) is 1. The zero-order chi connectivity index (χ0) is 22.6. The maximum atomic E-state index is 12.9. The SMILES string of the molecule is CC(C)(C)OC(=O)N[C@@H]1C[C@@H](CN=[N+]=[N-])CC[C@@H]1NC(=O)c1cc2cc(Cl)ccc2[nH]1. The van der Waals surface area contributed by atoms with Crippen molar-refractivity contribution in [3.63, 3.8) is 0 Å². The van der Waals surface area contributed by atoms with Gasteiger partial charge in [0.15, 0.2) is 0 Å². The van der Waals surface area contributed by atoms with Crippen LogP contribution in [-0.4, -0.2) is 41.2 Å². The quantitative estimate of drug-likeness (QED) is 0.342. The number of nitrogens with one attached hydrogen (secondary N) is 3. The molecule has 2 amide bonds. The van der Waals surface area contributed by atoms with Crippen molar-refractivity contribution in [1.82, 2.24) is 15.6 Å². The number of H-pyrrole nitrogens is 1. The highest BCUT2D eigenvalue weighted by Crippen LogP contribution is 2.26. The molecule has 0 saturated heterocycles. The molecule has 0 spiro atoms. The number of fused-ring (bicyclic) bond motifs is 1. The number of ether oxygens (including phenoxy) is 1. The molecule has 31 heavy (non-hydrogen) atoms. The van der Waals surface area contributed by atoms with E-state index in [0.29, 0.717) is 30.1 Å². The molecule has 0 aliphatic heterocycles. The first-order chi connectivity index (χ1) is 14.6. The topological polar surface area (TPSA) is 132 Å². The molecule has 1 aliphatic rings. The molecule has 0 bridgehead atoms. The summed E-state index contributed by atoms with van der Waals surface area (Å²) in [5.74, 6) is -0.138. The monoisotopic (exact) mass is 446 g/mol. The molecule has 2 aromatic rings. The number of halogens is 1. The molecular weight excluding hydrogens is 420 g/mol. The number of carbonyl (C=O) groups is 2. The van der Waals surface area contributed by atoms with Crippen molar-refractivity contribution in [1.29, 1.82) is 0 Å². The van der Waals surface area contributed by atoms with Crippen LogP contribution in [0.25, 0.3) is 21.3 Å². The maximum absolute atomic E-state index is 12.9. The number of aromatic amines is 1. The third-order valence-corrected chi connectivity index (χ3v) is 5.44. The largest absolute Gasteiger partial charge is 0.444 e. The predicted octanol–water partition coefficient (Wildman–Crippen LogP) is 4.92. The standard InChI is InChI=1S/C21H27ClN6O3/c1-21(2,3)31-20(30)27-17-8-12(11-24-28-23)4-6-16(17)26-19(29)18-10-13-9-14(22)5-7-15(13)25-18/h5,7,9-10,12,16-17,25H,4,6,8,11H2,1-3H3,(H,26,29)(H,27,30)/t12-,16-,17+/m0/s1. The molecule has 10 heteroatoms. The molecule has 3 N–H and O–H groups in total. The average Bonchev–Trinajstić information content (AvgIpc) is 3.09. The van der Waals surface area contributed by atoms with E-state index in [9.17, 15) is 9.59 Å². The van der Waals surface area contributed by atoms with E-state index in [1.54, 1.807) is 39.0 Å². The molecule has 3 rings (SSSR count). The van der Waals surface area contributed by atoms with E-state index < -0.39 is 11.7 Å². The minimum absolute atomic E-state index is 0.124. The smallest absolute Gasteiger partial charge is 0.407 e. The van der Waals surface area contributed by atoms with E-state index in [0.717, 1.165) is 17.3 Å². The summed E-state index contributed by atoms with van der Waals surface area (Å²) < 4.78 is 5.38. The summed E-state index contributed by atoms with van der Waals surface area (Å²) in [6, 6.07) is 6.50. The molecule has 1 aromatic carbocycles. The van der Waals surface area contributed by atoms with Gasteiger partial charge in [0, 0.05) is 33.4 Å². The van der Waals surface area contributed by atoms with E-state index in [1.165, 1.54) is 0 Å². The van der Waals surface area contributed by atoms with Crippen LogP contribution >= 0.6 is 11.6 Å². The summed E-state index contributed by atoms with van der Waals surface area (Å²) in [4.78, 5) is 31.2. The van der Waals surface area contributed by atoms with Crippen molar-refractivity contribution >= 4 is 34.5 Å². The second kappa shape index (κ2) is 9.49. The first-order valence-electron chi connectivity index (χ1n) is 10.2. The van der Waals surface area contributed by atoms with Gasteiger partial charge < -0.3 is 20.4 Å². The number of rotatable bonds is 5. The summed E-state index contributed by atoms with van der Waals surface area (Å²) >= 11 is 6.03. The van der Waals surface area contributed by atoms with Gasteiger partial charge in [-0.05, 0) is 75.7 Å². The van der Waals surface area contributed by atoms with E-state index in [2.05, 4.69) is 25.6 Å². The van der Waals surface area contributed by atoms with Gasteiger partial charge in [0.2, 0.25) is 0 Å². The predicted molar refractivity (Wildman–Crippen MR) is 119 cm³/mol. The van der Waals surface area contributed by atoms with Crippen LogP contribution in [0.4, 0.5) is 4.79 Å². The Balaban J connectivity index is 1.72. The fourth-order valence-corrected chi connectivity index (χ4v) is 4.02. The molecule has 0 radical (unpaired) electrons. The summed E-state index contributed by atoms with van der Waals surface area (Å²) in [6.07, 6.45) is 1.45. The van der Waals surface area contributed by atoms with Crippen LogP contribution in [0, 0.1) is 5.92 Å². The molecular formula is C21H27ClN6O3. The minimum atomic E-state index is -0.631. The average molecular weight is 447 g/mol. The van der Waals surface area contributed by atoms with Crippen LogP contribution < -0.4 is 10.6 Å². The van der Waals surface area contributed by atoms with Crippen molar-refractivity contribution in [2.75, 3.05) is 6.54 Å². The summed E-state index contributed by atoms with van der Waals surface area (Å²) in [7, 11) is 0. The van der Waals surface area contributed by atoms with Gasteiger partial charge in [0.25, 0.3) is 5.91 Å². The Kier molecular flexibility index (Phi) is 6.97. The van der Waals surface area contributed by atoms with Crippen LogP contribution in [0.3, 0.4) is 0 Å². The van der Waals surface area contributed by atoms with Crippen molar-refractivity contribution in [3.05, 3.63) is 45.4 Å². The van der Waals surface area contributed by atoms with Gasteiger partial charge in [-0.2, -0.15) is 0 Å². The van der Waals surface area contributed by atoms with Gasteiger partial charge in [-0.3, -0.25) is 4.79 Å². The third kappa shape index (κ3) is 6.29. The van der Waals surface area contributed by atoms with E-state index in [4.69, 9.17) is 21.9 Å². The Morgan fingerprint density at radius 1 is 1.26 bits per heavy atom. The lowest BCUT2D eigenvalue weighted by atomic mass is 9.82. The Bertz CT molecular complexity index is 1010. The molecule has 1 aliphatic carbocycles. The molecule has 1 saturated carbocycles. The molecule has 166 valence electrons. The molecule has 1 fully saturated rings. The Morgan fingerprint density at radius 2 is 2.03 bits per heavy atom. The number of aromatic nitrogens is 1. The van der Waals surface area contributed by atoms with Gasteiger partial charge in [0.1, 0.15) is 11.3 Å². The second-order valence-electron chi connectivity index (χ2n) is 8.84. The fraction of sp³-hybridized carbons (Fsp3) is 0.524. The van der Waals surface area contributed by atoms with Crippen LogP contribution in [0.1, 0.15) is 50.5 Å². The summed E-state index contributed by atoms with van der Waals surface area (Å²) in [5.41, 5.74) is 9.21. The van der Waals surface area contributed by atoms with E-state index in [-0.39, 0.29) is 23.9 Å². The third-order valence-electron chi connectivity index (χ3n) is 5.21. The highest BCUT2D eigenvalue weighted by Gasteiger charge is 2.33. The number of carbonyl (C=O) groups excluding carboxylic acids is 2. The van der Waals surface area contributed by atoms with Crippen LogP contribution in [0.2, 0.25) is 5.02 Å². The summed E-state index contributed by atoms with van der Waals surface area (Å²) in [5, 5.41) is 11.0. The summed E-state index contributed by atoms with van der Waals surface area (Å²) in [6.45, 7) is 5.73. The number of benzene rings is 1.